The first-order valence-electron chi connectivity index (χ1n) is 5.99. The van der Waals surface area contributed by atoms with Gasteiger partial charge >= 0.3 is 0 Å². The summed E-state index contributed by atoms with van der Waals surface area (Å²) < 4.78 is 0. The van der Waals surface area contributed by atoms with Gasteiger partial charge in [0.2, 0.25) is 0 Å². The lowest BCUT2D eigenvalue weighted by atomic mass is 10.0. The number of aliphatic hydroxyl groups excluding tert-OH is 2. The zero-order valence-corrected chi connectivity index (χ0v) is 10.1. The second kappa shape index (κ2) is 5.82. The van der Waals surface area contributed by atoms with Gasteiger partial charge < -0.3 is 21.3 Å². The van der Waals surface area contributed by atoms with Gasteiger partial charge in [-0.05, 0) is 17.0 Å². The summed E-state index contributed by atoms with van der Waals surface area (Å²) in [5, 5.41) is 23.5. The Balaban J connectivity index is 2.46. The molecule has 2 aromatic rings. The summed E-state index contributed by atoms with van der Waals surface area (Å²) in [5.74, 6) is 0. The average Bonchev–Trinajstić information content (AvgIpc) is 2.44. The number of anilines is 1. The highest BCUT2D eigenvalue weighted by Crippen LogP contribution is 2.26. The van der Waals surface area contributed by atoms with Crippen LogP contribution in [0.2, 0.25) is 0 Å². The summed E-state index contributed by atoms with van der Waals surface area (Å²) in [6, 6.07) is 11.5. The lowest BCUT2D eigenvalue weighted by Crippen LogP contribution is -2.27. The van der Waals surface area contributed by atoms with Crippen molar-refractivity contribution >= 4 is 16.5 Å². The summed E-state index contributed by atoms with van der Waals surface area (Å²) in [6.45, 7) is 0.275. The van der Waals surface area contributed by atoms with Crippen LogP contribution in [0.15, 0.2) is 36.4 Å². The van der Waals surface area contributed by atoms with Crippen LogP contribution in [-0.4, -0.2) is 29.5 Å². The fourth-order valence-corrected chi connectivity index (χ4v) is 2.03. The van der Waals surface area contributed by atoms with Crippen molar-refractivity contribution in [2.45, 2.75) is 12.6 Å². The van der Waals surface area contributed by atoms with Crippen molar-refractivity contribution in [3.63, 3.8) is 0 Å². The summed E-state index contributed by atoms with van der Waals surface area (Å²) >= 11 is 0. The third-order valence-corrected chi connectivity index (χ3v) is 3.03. The van der Waals surface area contributed by atoms with E-state index in [1.54, 1.807) is 0 Å². The lowest BCUT2D eigenvalue weighted by molar-refractivity contribution is 0.204. The molecule has 0 aromatic heterocycles. The van der Waals surface area contributed by atoms with Gasteiger partial charge in [-0.3, -0.25) is 0 Å². The molecule has 0 unspecified atom stereocenters. The van der Waals surface area contributed by atoms with E-state index in [0.29, 0.717) is 6.54 Å². The first kappa shape index (κ1) is 12.8. The lowest BCUT2D eigenvalue weighted by Gasteiger charge is -2.17. The molecule has 4 nitrogen and oxygen atoms in total. The molecule has 0 aliphatic carbocycles. The van der Waals surface area contributed by atoms with E-state index in [1.807, 2.05) is 36.4 Å². The van der Waals surface area contributed by atoms with E-state index in [2.05, 4.69) is 5.32 Å². The molecule has 0 amide bonds. The molecule has 0 fully saturated rings. The van der Waals surface area contributed by atoms with Crippen LogP contribution in [0, 0.1) is 0 Å². The first-order valence-corrected chi connectivity index (χ1v) is 5.99. The van der Waals surface area contributed by atoms with Gasteiger partial charge in [0.1, 0.15) is 0 Å². The highest BCUT2D eigenvalue weighted by Gasteiger charge is 2.09. The van der Waals surface area contributed by atoms with Crippen molar-refractivity contribution in [2.24, 2.45) is 5.73 Å². The fourth-order valence-electron chi connectivity index (χ4n) is 2.03. The zero-order chi connectivity index (χ0) is 13.0. The fraction of sp³-hybridized carbons (Fsp3) is 0.286. The van der Waals surface area contributed by atoms with Crippen LogP contribution < -0.4 is 11.1 Å². The molecular weight excluding hydrogens is 228 g/mol. The molecule has 4 heteroatoms. The van der Waals surface area contributed by atoms with Crippen molar-refractivity contribution in [1.82, 2.24) is 0 Å². The van der Waals surface area contributed by atoms with E-state index in [-0.39, 0.29) is 19.3 Å². The zero-order valence-electron chi connectivity index (χ0n) is 10.1. The molecule has 0 bridgehead atoms. The molecule has 0 aliphatic rings. The highest BCUT2D eigenvalue weighted by molar-refractivity contribution is 5.96. The number of fused-ring (bicyclic) bond motifs is 1. The van der Waals surface area contributed by atoms with Crippen LogP contribution in [0.5, 0.6) is 0 Å². The van der Waals surface area contributed by atoms with Crippen molar-refractivity contribution in [3.05, 3.63) is 42.0 Å². The SMILES string of the molecule is NCc1ccc(NC(CO)CO)c2ccccc12. The molecule has 2 aromatic carbocycles. The second-order valence-corrected chi connectivity index (χ2v) is 4.23. The Bertz CT molecular complexity index is 524. The number of nitrogens with one attached hydrogen (secondary N) is 1. The number of hydrogen-bond acceptors (Lipinski definition) is 4. The van der Waals surface area contributed by atoms with Gasteiger partial charge in [0.05, 0.1) is 19.3 Å². The van der Waals surface area contributed by atoms with E-state index in [0.717, 1.165) is 22.0 Å². The third kappa shape index (κ3) is 2.46. The molecule has 2 rings (SSSR count). The molecule has 5 N–H and O–H groups in total. The van der Waals surface area contributed by atoms with E-state index < -0.39 is 0 Å². The summed E-state index contributed by atoms with van der Waals surface area (Å²) in [4.78, 5) is 0. The average molecular weight is 246 g/mol. The number of hydrogen-bond donors (Lipinski definition) is 4. The van der Waals surface area contributed by atoms with E-state index in [9.17, 15) is 0 Å². The van der Waals surface area contributed by atoms with Crippen LogP contribution in [0.25, 0.3) is 10.8 Å². The topological polar surface area (TPSA) is 78.5 Å². The third-order valence-electron chi connectivity index (χ3n) is 3.03. The number of nitrogens with two attached hydrogens (primary N) is 1. The Morgan fingerprint density at radius 2 is 1.67 bits per heavy atom. The number of aliphatic hydroxyl groups is 2. The van der Waals surface area contributed by atoms with Crippen molar-refractivity contribution in [2.75, 3.05) is 18.5 Å². The number of benzene rings is 2. The van der Waals surface area contributed by atoms with Gasteiger partial charge in [0.15, 0.2) is 0 Å². The summed E-state index contributed by atoms with van der Waals surface area (Å²) in [5.41, 5.74) is 7.70. The summed E-state index contributed by atoms with van der Waals surface area (Å²) in [7, 11) is 0. The Labute approximate surface area is 106 Å². The Hall–Kier alpha value is -1.62. The van der Waals surface area contributed by atoms with Crippen molar-refractivity contribution in [3.8, 4) is 0 Å². The van der Waals surface area contributed by atoms with Gasteiger partial charge in [-0.1, -0.05) is 30.3 Å². The summed E-state index contributed by atoms with van der Waals surface area (Å²) in [6.07, 6.45) is 0. The van der Waals surface area contributed by atoms with Crippen LogP contribution in [-0.2, 0) is 6.54 Å². The molecule has 0 atom stereocenters. The molecule has 0 saturated carbocycles. The second-order valence-electron chi connectivity index (χ2n) is 4.23. The maximum Gasteiger partial charge on any atom is 0.0723 e. The van der Waals surface area contributed by atoms with Gasteiger partial charge in [0.25, 0.3) is 0 Å². The van der Waals surface area contributed by atoms with E-state index >= 15 is 0 Å². The Morgan fingerprint density at radius 1 is 1.00 bits per heavy atom. The van der Waals surface area contributed by atoms with Gasteiger partial charge in [-0.15, -0.1) is 0 Å². The van der Waals surface area contributed by atoms with Crippen molar-refractivity contribution < 1.29 is 10.2 Å². The maximum atomic E-state index is 9.12. The van der Waals surface area contributed by atoms with Crippen LogP contribution in [0.1, 0.15) is 5.56 Å². The normalized spacial score (nSPS) is 11.1. The molecule has 0 spiro atoms. The molecule has 18 heavy (non-hydrogen) atoms. The highest BCUT2D eigenvalue weighted by atomic mass is 16.3. The van der Waals surface area contributed by atoms with Crippen molar-refractivity contribution in [1.29, 1.82) is 0 Å². The molecule has 96 valence electrons. The number of rotatable bonds is 5. The van der Waals surface area contributed by atoms with Crippen LogP contribution >= 0.6 is 0 Å². The minimum Gasteiger partial charge on any atom is -0.394 e. The Morgan fingerprint density at radius 3 is 2.28 bits per heavy atom. The van der Waals surface area contributed by atoms with Gasteiger partial charge in [-0.25, -0.2) is 0 Å². The largest absolute Gasteiger partial charge is 0.394 e. The first-order chi connectivity index (χ1) is 8.80. The van der Waals surface area contributed by atoms with E-state index in [4.69, 9.17) is 15.9 Å². The standard InChI is InChI=1S/C14H18N2O2/c15-7-10-5-6-14(16-11(8-17)9-18)13-4-2-1-3-12(10)13/h1-6,11,16-18H,7-9,15H2. The molecule has 0 radical (unpaired) electrons. The Kier molecular flexibility index (Phi) is 4.15. The monoisotopic (exact) mass is 246 g/mol. The quantitative estimate of drug-likeness (QED) is 0.636. The van der Waals surface area contributed by atoms with Gasteiger partial charge in [0, 0.05) is 17.6 Å². The predicted molar refractivity (Wildman–Crippen MR) is 73.4 cm³/mol. The maximum absolute atomic E-state index is 9.12. The van der Waals surface area contributed by atoms with Gasteiger partial charge in [-0.2, -0.15) is 0 Å². The predicted octanol–water partition coefficient (Wildman–Crippen LogP) is 1.06. The molecule has 0 heterocycles. The van der Waals surface area contributed by atoms with Crippen LogP contribution in [0.4, 0.5) is 5.69 Å². The van der Waals surface area contributed by atoms with Crippen LogP contribution in [0.3, 0.4) is 0 Å². The van der Waals surface area contributed by atoms with E-state index in [1.165, 1.54) is 0 Å². The molecular formula is C14H18N2O2. The minimum absolute atomic E-state index is 0.108. The molecule has 0 saturated heterocycles. The molecule has 0 aliphatic heterocycles. The smallest absolute Gasteiger partial charge is 0.0723 e. The minimum atomic E-state index is -0.350.